The van der Waals surface area contributed by atoms with Crippen molar-refractivity contribution in [2.75, 3.05) is 0 Å². The molecule has 1 aromatic carbocycles. The largest absolute Gasteiger partial charge is 0.360 e. The van der Waals surface area contributed by atoms with Crippen LogP contribution in [-0.2, 0) is 0 Å². The van der Waals surface area contributed by atoms with Gasteiger partial charge in [0, 0.05) is 29.3 Å². The number of pyridine rings is 2. The van der Waals surface area contributed by atoms with Crippen LogP contribution in [0.5, 0.6) is 0 Å². The third kappa shape index (κ3) is 3.21. The summed E-state index contributed by atoms with van der Waals surface area (Å²) in [5, 5.41) is 4.80. The molecule has 0 unspecified atom stereocenters. The maximum atomic E-state index is 12.7. The van der Waals surface area contributed by atoms with E-state index in [1.807, 2.05) is 60.9 Å². The van der Waals surface area contributed by atoms with Gasteiger partial charge in [-0.15, -0.1) is 0 Å². The third-order valence-electron chi connectivity index (χ3n) is 3.97. The van der Waals surface area contributed by atoms with Gasteiger partial charge in [0.05, 0.1) is 28.7 Å². The van der Waals surface area contributed by atoms with Gasteiger partial charge < -0.3 is 4.98 Å². The summed E-state index contributed by atoms with van der Waals surface area (Å²) < 4.78 is 0. The van der Waals surface area contributed by atoms with Crippen molar-refractivity contribution in [2.24, 2.45) is 5.10 Å². The normalized spacial score (nSPS) is 11.1. The van der Waals surface area contributed by atoms with Gasteiger partial charge in [0.25, 0.3) is 5.91 Å². The number of aromatic nitrogens is 3. The number of H-pyrrole nitrogens is 2. The molecule has 1 amide bonds. The van der Waals surface area contributed by atoms with E-state index >= 15 is 0 Å². The number of para-hydroxylation sites is 1. The Kier molecular flexibility index (Phi) is 4.22. The molecular formula is C20H16N5O+. The molecular weight excluding hydrogens is 326 g/mol. The lowest BCUT2D eigenvalue weighted by Crippen LogP contribution is -2.18. The molecule has 0 spiro atoms. The maximum Gasteiger partial charge on any atom is 0.272 e. The maximum absolute atomic E-state index is 12.7. The minimum absolute atomic E-state index is 0.282. The summed E-state index contributed by atoms with van der Waals surface area (Å²) >= 11 is 0. The molecule has 0 atom stereocenters. The van der Waals surface area contributed by atoms with Crippen molar-refractivity contribution >= 4 is 23.0 Å². The molecule has 3 N–H and O–H groups in total. The second-order valence-corrected chi connectivity index (χ2v) is 5.69. The fraction of sp³-hybridized carbons (Fsp3) is 0. The Morgan fingerprint density at radius 3 is 2.77 bits per heavy atom. The van der Waals surface area contributed by atoms with Crippen LogP contribution in [0.1, 0.15) is 16.1 Å². The molecule has 0 fully saturated rings. The van der Waals surface area contributed by atoms with E-state index < -0.39 is 0 Å². The van der Waals surface area contributed by atoms with Crippen LogP contribution in [0.15, 0.2) is 78.3 Å². The van der Waals surface area contributed by atoms with Crippen LogP contribution in [0.4, 0.5) is 0 Å². The third-order valence-corrected chi connectivity index (χ3v) is 3.97. The van der Waals surface area contributed by atoms with Gasteiger partial charge in [-0.2, -0.15) is 5.10 Å². The number of rotatable bonds is 4. The second-order valence-electron chi connectivity index (χ2n) is 5.69. The highest BCUT2D eigenvalue weighted by atomic mass is 16.2. The van der Waals surface area contributed by atoms with Gasteiger partial charge in [-0.25, -0.2) is 15.4 Å². The highest BCUT2D eigenvalue weighted by molar-refractivity contribution is 6.07. The van der Waals surface area contributed by atoms with Crippen LogP contribution in [0.2, 0.25) is 0 Å². The number of hydrogen-bond acceptors (Lipinski definition) is 3. The predicted molar refractivity (Wildman–Crippen MR) is 99.6 cm³/mol. The minimum Gasteiger partial charge on any atom is -0.360 e. The molecule has 4 aromatic rings. The fourth-order valence-corrected chi connectivity index (χ4v) is 2.71. The lowest BCUT2D eigenvalue weighted by atomic mass is 10.0. The van der Waals surface area contributed by atoms with E-state index in [1.54, 1.807) is 18.5 Å². The van der Waals surface area contributed by atoms with Crippen molar-refractivity contribution in [3.05, 3.63) is 84.4 Å². The second kappa shape index (κ2) is 6.98. The zero-order chi connectivity index (χ0) is 17.8. The van der Waals surface area contributed by atoms with E-state index in [9.17, 15) is 4.79 Å². The van der Waals surface area contributed by atoms with Gasteiger partial charge >= 0.3 is 0 Å². The van der Waals surface area contributed by atoms with Crippen molar-refractivity contribution in [1.82, 2.24) is 15.4 Å². The Labute approximate surface area is 149 Å². The summed E-state index contributed by atoms with van der Waals surface area (Å²) in [6.07, 6.45) is 7.01. The first-order chi connectivity index (χ1) is 12.8. The van der Waals surface area contributed by atoms with Crippen LogP contribution in [0, 0.1) is 0 Å². The van der Waals surface area contributed by atoms with E-state index in [-0.39, 0.29) is 5.91 Å². The standard InChI is InChI=1S/C20H15N5O/c26-20(25-23-13-15-4-3-9-22-15)17-12-19(14-7-10-21-11-8-14)24-18-6-2-1-5-16(17)18/h1-13,22H,(H,25,26)/p+1/b23-13+. The van der Waals surface area contributed by atoms with E-state index in [0.717, 1.165) is 27.9 Å². The summed E-state index contributed by atoms with van der Waals surface area (Å²) in [5.74, 6) is -0.282. The molecule has 0 aliphatic carbocycles. The molecule has 3 heterocycles. The molecule has 6 heteroatoms. The Morgan fingerprint density at radius 1 is 1.12 bits per heavy atom. The monoisotopic (exact) mass is 342 g/mol. The van der Waals surface area contributed by atoms with Gasteiger partial charge in [-0.1, -0.05) is 18.2 Å². The number of nitrogens with zero attached hydrogens (tertiary/aromatic N) is 2. The highest BCUT2D eigenvalue weighted by Crippen LogP contribution is 2.24. The summed E-state index contributed by atoms with van der Waals surface area (Å²) in [4.78, 5) is 23.4. The lowest BCUT2D eigenvalue weighted by Gasteiger charge is -2.08. The van der Waals surface area contributed by atoms with E-state index in [2.05, 4.69) is 25.5 Å². The molecule has 3 aromatic heterocycles. The first kappa shape index (κ1) is 15.7. The summed E-state index contributed by atoms with van der Waals surface area (Å²) in [6, 6.07) is 16.9. The number of nitrogens with one attached hydrogen (secondary N) is 3. The smallest absolute Gasteiger partial charge is 0.272 e. The van der Waals surface area contributed by atoms with Crippen molar-refractivity contribution in [3.8, 4) is 11.3 Å². The number of fused-ring (bicyclic) bond motifs is 1. The minimum atomic E-state index is -0.282. The highest BCUT2D eigenvalue weighted by Gasteiger charge is 2.13. The number of amides is 1. The number of carbonyl (C=O) groups is 1. The molecule has 0 aliphatic rings. The first-order valence-corrected chi connectivity index (χ1v) is 8.14. The summed E-state index contributed by atoms with van der Waals surface area (Å²) in [5.41, 5.74) is 6.35. The molecule has 0 bridgehead atoms. The van der Waals surface area contributed by atoms with Gasteiger partial charge in [0.2, 0.25) is 0 Å². The van der Waals surface area contributed by atoms with Crippen LogP contribution in [0.25, 0.3) is 22.2 Å². The van der Waals surface area contributed by atoms with Gasteiger partial charge in [0.15, 0.2) is 12.4 Å². The van der Waals surface area contributed by atoms with E-state index in [1.165, 1.54) is 0 Å². The number of aromatic amines is 2. The van der Waals surface area contributed by atoms with Gasteiger partial charge in [-0.3, -0.25) is 4.79 Å². The van der Waals surface area contributed by atoms with E-state index in [4.69, 9.17) is 0 Å². The first-order valence-electron chi connectivity index (χ1n) is 8.14. The van der Waals surface area contributed by atoms with Gasteiger partial charge in [-0.05, 0) is 24.3 Å². The lowest BCUT2D eigenvalue weighted by molar-refractivity contribution is -0.377. The number of carbonyl (C=O) groups excluding carboxylic acids is 1. The van der Waals surface area contributed by atoms with Crippen molar-refractivity contribution < 1.29 is 9.78 Å². The molecule has 0 aliphatic heterocycles. The van der Waals surface area contributed by atoms with Crippen molar-refractivity contribution in [1.29, 1.82) is 0 Å². The van der Waals surface area contributed by atoms with Crippen molar-refractivity contribution in [2.45, 2.75) is 0 Å². The average molecular weight is 342 g/mol. The molecule has 0 saturated heterocycles. The van der Waals surface area contributed by atoms with Gasteiger partial charge in [0.1, 0.15) is 0 Å². The molecule has 26 heavy (non-hydrogen) atoms. The summed E-state index contributed by atoms with van der Waals surface area (Å²) in [6.45, 7) is 0. The Morgan fingerprint density at radius 2 is 1.96 bits per heavy atom. The molecule has 0 saturated carbocycles. The predicted octanol–water partition coefficient (Wildman–Crippen LogP) is 2.81. The summed E-state index contributed by atoms with van der Waals surface area (Å²) in [7, 11) is 0. The Bertz CT molecular complexity index is 1070. The number of benzene rings is 1. The Balaban J connectivity index is 1.72. The number of hydrogen-bond donors (Lipinski definition) is 2. The molecule has 126 valence electrons. The SMILES string of the molecule is O=C(N/N=C/c1ccc[nH]1)c1cc(-c2cc[nH+]cc2)nc2ccccc12. The fourth-order valence-electron chi connectivity index (χ4n) is 2.71. The van der Waals surface area contributed by atoms with Crippen LogP contribution >= 0.6 is 0 Å². The molecule has 4 rings (SSSR count). The molecule has 6 nitrogen and oxygen atoms in total. The molecule has 0 radical (unpaired) electrons. The van der Waals surface area contributed by atoms with E-state index in [0.29, 0.717) is 5.56 Å². The topological polar surface area (TPSA) is 84.3 Å². The average Bonchev–Trinajstić information content (AvgIpc) is 3.21. The Hall–Kier alpha value is -3.80. The quantitative estimate of drug-likeness (QED) is 0.441. The van der Waals surface area contributed by atoms with Crippen molar-refractivity contribution in [3.63, 3.8) is 0 Å². The van der Waals surface area contributed by atoms with Crippen LogP contribution in [-0.4, -0.2) is 22.1 Å². The van der Waals surface area contributed by atoms with Crippen LogP contribution in [0.3, 0.4) is 0 Å². The zero-order valence-electron chi connectivity index (χ0n) is 13.8. The van der Waals surface area contributed by atoms with Crippen LogP contribution < -0.4 is 10.4 Å². The zero-order valence-corrected chi connectivity index (χ0v) is 13.8. The number of hydrazone groups is 1.